The smallest absolute Gasteiger partial charge is 0.193 e. The molecule has 0 amide bonds. The number of aliphatic hydroxyl groups is 1. The van der Waals surface area contributed by atoms with E-state index in [9.17, 15) is 5.11 Å². The number of hydrogen-bond donors (Lipinski definition) is 3. The van der Waals surface area contributed by atoms with Gasteiger partial charge in [0, 0.05) is 36.8 Å². The van der Waals surface area contributed by atoms with Crippen LogP contribution in [0.15, 0.2) is 23.2 Å². The highest BCUT2D eigenvalue weighted by molar-refractivity contribution is 6.32. The van der Waals surface area contributed by atoms with Crippen molar-refractivity contribution in [3.8, 4) is 5.75 Å². The second-order valence-electron chi connectivity index (χ2n) is 6.92. The van der Waals surface area contributed by atoms with E-state index in [4.69, 9.17) is 26.8 Å². The van der Waals surface area contributed by atoms with Gasteiger partial charge in [0.05, 0.1) is 18.2 Å². The zero-order chi connectivity index (χ0) is 17.9. The number of ether oxygens (including phenoxy) is 2. The van der Waals surface area contributed by atoms with Crippen LogP contribution in [-0.4, -0.2) is 44.0 Å². The molecule has 0 radical (unpaired) electrons. The normalized spacial score (nSPS) is 26.0. The van der Waals surface area contributed by atoms with Gasteiger partial charge in [-0.1, -0.05) is 11.6 Å². The summed E-state index contributed by atoms with van der Waals surface area (Å²) in [5.41, 5.74) is 6.75. The Morgan fingerprint density at radius 1 is 1.44 bits per heavy atom. The van der Waals surface area contributed by atoms with Crippen molar-refractivity contribution in [1.29, 1.82) is 0 Å². The van der Waals surface area contributed by atoms with Crippen molar-refractivity contribution in [2.24, 2.45) is 22.1 Å². The molecule has 2 fully saturated rings. The molecule has 1 aliphatic heterocycles. The molecule has 2 aliphatic rings. The third kappa shape index (κ3) is 4.02. The second kappa shape index (κ2) is 7.81. The van der Waals surface area contributed by atoms with Crippen molar-refractivity contribution in [2.45, 2.75) is 31.8 Å². The number of halogens is 1. The fraction of sp³-hybridized carbons (Fsp3) is 0.611. The summed E-state index contributed by atoms with van der Waals surface area (Å²) in [5, 5.41) is 14.3. The van der Waals surface area contributed by atoms with Gasteiger partial charge in [0.15, 0.2) is 5.96 Å². The summed E-state index contributed by atoms with van der Waals surface area (Å²) in [7, 11) is 1.57. The maximum Gasteiger partial charge on any atom is 0.193 e. The van der Waals surface area contributed by atoms with E-state index in [0.717, 1.165) is 44.6 Å². The van der Waals surface area contributed by atoms with Crippen LogP contribution < -0.4 is 15.8 Å². The van der Waals surface area contributed by atoms with Crippen LogP contribution in [0, 0.1) is 11.3 Å². The molecule has 1 spiro atoms. The monoisotopic (exact) mass is 367 g/mol. The van der Waals surface area contributed by atoms with Crippen molar-refractivity contribution in [3.63, 3.8) is 0 Å². The van der Waals surface area contributed by atoms with Crippen molar-refractivity contribution >= 4 is 23.2 Å². The molecule has 2 unspecified atom stereocenters. The fourth-order valence-electron chi connectivity index (χ4n) is 3.94. The third-order valence-electron chi connectivity index (χ3n) is 5.50. The number of nitrogens with one attached hydrogen (secondary N) is 1. The number of aliphatic imine (C=N–C) groups is 1. The molecule has 1 heterocycles. The van der Waals surface area contributed by atoms with Gasteiger partial charge in [0.1, 0.15) is 5.75 Å². The van der Waals surface area contributed by atoms with E-state index in [2.05, 4.69) is 10.3 Å². The fourth-order valence-corrected chi connectivity index (χ4v) is 4.20. The molecular formula is C18H26ClN3O3. The Labute approximate surface area is 153 Å². The first-order chi connectivity index (χ1) is 12.0. The van der Waals surface area contributed by atoms with Gasteiger partial charge in [-0.3, -0.25) is 4.99 Å². The second-order valence-corrected chi connectivity index (χ2v) is 7.33. The van der Waals surface area contributed by atoms with Gasteiger partial charge in [0.25, 0.3) is 0 Å². The lowest BCUT2D eigenvalue weighted by Gasteiger charge is -2.37. The van der Waals surface area contributed by atoms with E-state index >= 15 is 0 Å². The molecule has 1 aliphatic carbocycles. The number of anilines is 1. The minimum Gasteiger partial charge on any atom is -0.495 e. The average molecular weight is 368 g/mol. The molecule has 2 atom stereocenters. The maximum absolute atomic E-state index is 10.7. The standard InChI is InChI=1S/C18H26ClN3O3/c1-24-15-3-2-13(10-14(15)19)22-17(20)21-11-12-4-5-18(16(12)23)6-8-25-9-7-18/h2-3,10,12,16,23H,4-9,11H2,1H3,(H3,20,21,22). The predicted molar refractivity (Wildman–Crippen MR) is 99.3 cm³/mol. The van der Waals surface area contributed by atoms with Crippen LogP contribution in [0.25, 0.3) is 0 Å². The van der Waals surface area contributed by atoms with E-state index in [0.29, 0.717) is 23.3 Å². The van der Waals surface area contributed by atoms with Crippen LogP contribution in [0.4, 0.5) is 5.69 Å². The van der Waals surface area contributed by atoms with E-state index in [1.54, 1.807) is 19.2 Å². The molecule has 0 bridgehead atoms. The summed E-state index contributed by atoms with van der Waals surface area (Å²) in [6, 6.07) is 5.34. The van der Waals surface area contributed by atoms with Crippen molar-refractivity contribution in [1.82, 2.24) is 0 Å². The molecule has 7 heteroatoms. The summed E-state index contributed by atoms with van der Waals surface area (Å²) in [6.45, 7) is 2.01. The quantitative estimate of drug-likeness (QED) is 0.562. The first kappa shape index (κ1) is 18.3. The Bertz CT molecular complexity index is 632. The lowest BCUT2D eigenvalue weighted by atomic mass is 9.76. The van der Waals surface area contributed by atoms with Crippen LogP contribution in [-0.2, 0) is 4.74 Å². The molecular weight excluding hydrogens is 342 g/mol. The Morgan fingerprint density at radius 3 is 2.88 bits per heavy atom. The molecule has 6 nitrogen and oxygen atoms in total. The van der Waals surface area contributed by atoms with Gasteiger partial charge in [-0.15, -0.1) is 0 Å². The number of hydrogen-bond acceptors (Lipinski definition) is 4. The highest BCUT2D eigenvalue weighted by Gasteiger charge is 2.47. The summed E-state index contributed by atoms with van der Waals surface area (Å²) in [4.78, 5) is 4.42. The van der Waals surface area contributed by atoms with E-state index in [1.807, 2.05) is 6.07 Å². The van der Waals surface area contributed by atoms with Gasteiger partial charge in [-0.25, -0.2) is 0 Å². The molecule has 0 aromatic heterocycles. The molecule has 1 aromatic carbocycles. The molecule has 138 valence electrons. The largest absolute Gasteiger partial charge is 0.495 e. The van der Waals surface area contributed by atoms with E-state index in [-0.39, 0.29) is 17.4 Å². The molecule has 1 saturated heterocycles. The first-order valence-corrected chi connectivity index (χ1v) is 9.08. The number of methoxy groups -OCH3 is 1. The number of aliphatic hydroxyl groups excluding tert-OH is 1. The molecule has 25 heavy (non-hydrogen) atoms. The Kier molecular flexibility index (Phi) is 5.71. The van der Waals surface area contributed by atoms with Crippen molar-refractivity contribution in [3.05, 3.63) is 23.2 Å². The van der Waals surface area contributed by atoms with Crippen molar-refractivity contribution in [2.75, 3.05) is 32.2 Å². The first-order valence-electron chi connectivity index (χ1n) is 8.70. The van der Waals surface area contributed by atoms with Gasteiger partial charge in [-0.05, 0) is 43.9 Å². The number of nitrogens with two attached hydrogens (primary N) is 1. The number of benzene rings is 1. The van der Waals surface area contributed by atoms with Gasteiger partial charge < -0.3 is 25.6 Å². The van der Waals surface area contributed by atoms with Crippen LogP contribution in [0.1, 0.15) is 25.7 Å². The highest BCUT2D eigenvalue weighted by Crippen LogP contribution is 2.48. The lowest BCUT2D eigenvalue weighted by molar-refractivity contribution is -0.0548. The van der Waals surface area contributed by atoms with Crippen LogP contribution in [0.5, 0.6) is 5.75 Å². The Morgan fingerprint density at radius 2 is 2.20 bits per heavy atom. The number of rotatable bonds is 4. The molecule has 3 rings (SSSR count). The van der Waals surface area contributed by atoms with E-state index < -0.39 is 0 Å². The van der Waals surface area contributed by atoms with Gasteiger partial charge in [-0.2, -0.15) is 0 Å². The van der Waals surface area contributed by atoms with Crippen LogP contribution in [0.3, 0.4) is 0 Å². The maximum atomic E-state index is 10.7. The average Bonchev–Trinajstić information content (AvgIpc) is 2.90. The van der Waals surface area contributed by atoms with E-state index in [1.165, 1.54) is 0 Å². The number of nitrogens with zero attached hydrogens (tertiary/aromatic N) is 1. The third-order valence-corrected chi connectivity index (χ3v) is 5.79. The molecule has 4 N–H and O–H groups in total. The van der Waals surface area contributed by atoms with Crippen LogP contribution in [0.2, 0.25) is 5.02 Å². The van der Waals surface area contributed by atoms with Crippen LogP contribution >= 0.6 is 11.6 Å². The molecule has 1 saturated carbocycles. The van der Waals surface area contributed by atoms with Gasteiger partial charge in [0.2, 0.25) is 0 Å². The minimum atomic E-state index is -0.330. The summed E-state index contributed by atoms with van der Waals surface area (Å²) in [5.74, 6) is 1.08. The summed E-state index contributed by atoms with van der Waals surface area (Å²) >= 11 is 6.11. The molecule has 1 aromatic rings. The predicted octanol–water partition coefficient (Wildman–Crippen LogP) is 2.64. The van der Waals surface area contributed by atoms with Crippen molar-refractivity contribution < 1.29 is 14.6 Å². The minimum absolute atomic E-state index is 0.0180. The SMILES string of the molecule is COc1ccc(NC(N)=NCC2CCC3(CCOCC3)C2O)cc1Cl. The zero-order valence-electron chi connectivity index (χ0n) is 14.5. The van der Waals surface area contributed by atoms with Gasteiger partial charge >= 0.3 is 0 Å². The Hall–Kier alpha value is -1.50. The number of guanidine groups is 1. The zero-order valence-corrected chi connectivity index (χ0v) is 15.3. The highest BCUT2D eigenvalue weighted by atomic mass is 35.5. The Balaban J connectivity index is 1.57. The summed E-state index contributed by atoms with van der Waals surface area (Å²) in [6.07, 6.45) is 3.56. The lowest BCUT2D eigenvalue weighted by Crippen LogP contribution is -2.39. The summed E-state index contributed by atoms with van der Waals surface area (Å²) < 4.78 is 10.6. The topological polar surface area (TPSA) is 89.1 Å².